The van der Waals surface area contributed by atoms with Gasteiger partial charge in [-0.15, -0.1) is 24.8 Å². The Morgan fingerprint density at radius 3 is 2.30 bits per heavy atom. The summed E-state index contributed by atoms with van der Waals surface area (Å²) in [6.07, 6.45) is 0.306. The number of carbonyl (C=O) groups is 2. The number of amidine groups is 1. The normalized spacial score (nSPS) is 10.5. The van der Waals surface area contributed by atoms with Crippen LogP contribution in [-0.2, 0) is 23.1 Å². The summed E-state index contributed by atoms with van der Waals surface area (Å²) in [6, 6.07) is 22.5. The lowest BCUT2D eigenvalue weighted by Gasteiger charge is -2.26. The number of anilines is 2. The number of para-hydroxylation sites is 1. The summed E-state index contributed by atoms with van der Waals surface area (Å²) in [5.41, 5.74) is 10.1. The predicted octanol–water partition coefficient (Wildman–Crippen LogP) is 4.84. The standard InChI is InChI=1S/C31H37N7O3.2ClH/c1-4-41-29(39)16-17-36(2)18-19-38(25-8-6-5-7-9-25)31(40)23-12-15-27-26(20-23)35-28(37(27)3)21-34-24-13-10-22(11-14-24)30(32)33;;/h5-15,20,34H,4,16-19,21H2,1-3H3,(H3,32,33);2*1H. The van der Waals surface area contributed by atoms with Crippen LogP contribution in [0.15, 0.2) is 72.8 Å². The Bertz CT molecular complexity index is 1510. The maximum Gasteiger partial charge on any atom is 0.307 e. The van der Waals surface area contributed by atoms with Crippen molar-refractivity contribution in [1.29, 1.82) is 5.41 Å². The first kappa shape index (κ1) is 35.1. The van der Waals surface area contributed by atoms with Crippen LogP contribution >= 0.6 is 24.8 Å². The minimum absolute atomic E-state index is 0. The molecule has 0 aliphatic carbocycles. The molecule has 1 aromatic heterocycles. The average Bonchev–Trinajstić information content (AvgIpc) is 3.30. The molecule has 0 saturated carbocycles. The van der Waals surface area contributed by atoms with E-state index in [4.69, 9.17) is 20.9 Å². The number of fused-ring (bicyclic) bond motifs is 1. The number of carbonyl (C=O) groups excluding carboxylic acids is 2. The minimum Gasteiger partial charge on any atom is -0.466 e. The molecule has 0 spiro atoms. The zero-order chi connectivity index (χ0) is 29.4. The third-order valence-electron chi connectivity index (χ3n) is 6.89. The molecule has 10 nitrogen and oxygen atoms in total. The first-order chi connectivity index (χ1) is 19.8. The quantitative estimate of drug-likeness (QED) is 0.110. The molecule has 0 aliphatic heterocycles. The molecule has 0 bridgehead atoms. The molecule has 4 N–H and O–H groups in total. The Labute approximate surface area is 264 Å². The van der Waals surface area contributed by atoms with E-state index in [1.54, 1.807) is 24.0 Å². The number of aromatic nitrogens is 2. The van der Waals surface area contributed by atoms with Gasteiger partial charge in [-0.05, 0) is 68.6 Å². The molecule has 4 aromatic rings. The molecule has 1 heterocycles. The summed E-state index contributed by atoms with van der Waals surface area (Å²) in [5.74, 6) is 0.514. The molecule has 0 unspecified atom stereocenters. The van der Waals surface area contributed by atoms with Gasteiger partial charge in [0.15, 0.2) is 0 Å². The number of esters is 1. The number of nitrogens with zero attached hydrogens (tertiary/aromatic N) is 4. The number of ether oxygens (including phenoxy) is 1. The van der Waals surface area contributed by atoms with Crippen molar-refractivity contribution in [3.63, 3.8) is 0 Å². The van der Waals surface area contributed by atoms with Gasteiger partial charge in [-0.25, -0.2) is 4.98 Å². The summed E-state index contributed by atoms with van der Waals surface area (Å²) in [6.45, 7) is 4.25. The highest BCUT2D eigenvalue weighted by Gasteiger charge is 2.20. The average molecular weight is 629 g/mol. The predicted molar refractivity (Wildman–Crippen MR) is 177 cm³/mol. The van der Waals surface area contributed by atoms with Gasteiger partial charge in [0.05, 0.1) is 30.6 Å². The number of amides is 1. The number of benzene rings is 3. The number of halogens is 2. The molecule has 0 atom stereocenters. The number of nitrogens with two attached hydrogens (primary N) is 1. The lowest BCUT2D eigenvalue weighted by Crippen LogP contribution is -2.38. The van der Waals surface area contributed by atoms with Crippen molar-refractivity contribution in [2.24, 2.45) is 12.8 Å². The van der Waals surface area contributed by atoms with Gasteiger partial charge in [-0.2, -0.15) is 0 Å². The van der Waals surface area contributed by atoms with E-state index in [-0.39, 0.29) is 42.5 Å². The van der Waals surface area contributed by atoms with Gasteiger partial charge >= 0.3 is 5.97 Å². The van der Waals surface area contributed by atoms with Crippen molar-refractivity contribution in [2.45, 2.75) is 19.9 Å². The van der Waals surface area contributed by atoms with Crippen molar-refractivity contribution in [1.82, 2.24) is 14.5 Å². The van der Waals surface area contributed by atoms with Gasteiger partial charge in [-0.3, -0.25) is 15.0 Å². The lowest BCUT2D eigenvalue weighted by atomic mass is 10.1. The van der Waals surface area contributed by atoms with Crippen LogP contribution < -0.4 is 16.0 Å². The number of hydrogen-bond donors (Lipinski definition) is 3. The molecule has 1 amide bonds. The topological polar surface area (TPSA) is 130 Å². The van der Waals surface area contributed by atoms with Crippen molar-refractivity contribution >= 4 is 64.9 Å². The van der Waals surface area contributed by atoms with Gasteiger partial charge in [-0.1, -0.05) is 18.2 Å². The van der Waals surface area contributed by atoms with E-state index in [2.05, 4.69) is 5.32 Å². The van der Waals surface area contributed by atoms with Crippen molar-refractivity contribution in [3.05, 3.63) is 89.7 Å². The zero-order valence-electron chi connectivity index (χ0n) is 24.6. The van der Waals surface area contributed by atoms with Crippen LogP contribution in [0.25, 0.3) is 11.0 Å². The molecule has 0 fully saturated rings. The van der Waals surface area contributed by atoms with E-state index in [9.17, 15) is 9.59 Å². The Morgan fingerprint density at radius 2 is 1.65 bits per heavy atom. The van der Waals surface area contributed by atoms with Crippen LogP contribution in [0.1, 0.15) is 35.1 Å². The van der Waals surface area contributed by atoms with Gasteiger partial charge in [0.1, 0.15) is 11.7 Å². The van der Waals surface area contributed by atoms with Crippen LogP contribution in [0, 0.1) is 5.41 Å². The summed E-state index contributed by atoms with van der Waals surface area (Å²) in [5, 5.41) is 10.9. The van der Waals surface area contributed by atoms with E-state index < -0.39 is 0 Å². The Hall–Kier alpha value is -4.12. The second-order valence-electron chi connectivity index (χ2n) is 9.79. The van der Waals surface area contributed by atoms with Crippen molar-refractivity contribution in [3.8, 4) is 0 Å². The molecule has 3 aromatic carbocycles. The lowest BCUT2D eigenvalue weighted by molar-refractivity contribution is -0.143. The molecule has 0 saturated heterocycles. The molecular weight excluding hydrogens is 589 g/mol. The highest BCUT2D eigenvalue weighted by atomic mass is 35.5. The number of nitrogens with one attached hydrogen (secondary N) is 2. The van der Waals surface area contributed by atoms with Gasteiger partial charge in [0.2, 0.25) is 0 Å². The number of nitrogen functional groups attached to an aromatic ring is 1. The second kappa shape index (κ2) is 16.5. The highest BCUT2D eigenvalue weighted by molar-refractivity contribution is 6.07. The smallest absolute Gasteiger partial charge is 0.307 e. The molecule has 4 rings (SSSR count). The first-order valence-electron chi connectivity index (χ1n) is 13.6. The van der Waals surface area contributed by atoms with E-state index in [0.29, 0.717) is 50.3 Å². The van der Waals surface area contributed by atoms with Crippen LogP contribution in [0.5, 0.6) is 0 Å². The van der Waals surface area contributed by atoms with Gasteiger partial charge in [0, 0.05) is 49.2 Å². The van der Waals surface area contributed by atoms with Crippen LogP contribution in [0.3, 0.4) is 0 Å². The van der Waals surface area contributed by atoms with Crippen molar-refractivity contribution < 1.29 is 14.3 Å². The number of rotatable bonds is 13. The molecule has 43 heavy (non-hydrogen) atoms. The fourth-order valence-corrected chi connectivity index (χ4v) is 4.50. The Kier molecular flexibility index (Phi) is 13.5. The molecular formula is C31H39Cl2N7O3. The number of aryl methyl sites for hydroxylation is 1. The minimum atomic E-state index is -0.223. The summed E-state index contributed by atoms with van der Waals surface area (Å²) < 4.78 is 7.03. The third kappa shape index (κ3) is 9.18. The molecule has 0 aliphatic rings. The van der Waals surface area contributed by atoms with E-state index in [0.717, 1.165) is 28.2 Å². The maximum absolute atomic E-state index is 13.8. The van der Waals surface area contributed by atoms with Crippen LogP contribution in [-0.4, -0.2) is 65.5 Å². The summed E-state index contributed by atoms with van der Waals surface area (Å²) in [7, 11) is 3.88. The fourth-order valence-electron chi connectivity index (χ4n) is 4.50. The summed E-state index contributed by atoms with van der Waals surface area (Å²) >= 11 is 0. The van der Waals surface area contributed by atoms with Gasteiger partial charge < -0.3 is 30.2 Å². The maximum atomic E-state index is 13.8. The Morgan fingerprint density at radius 1 is 0.977 bits per heavy atom. The van der Waals surface area contributed by atoms with Gasteiger partial charge in [0.25, 0.3) is 5.91 Å². The Balaban J connectivity index is 0.00000323. The zero-order valence-corrected chi connectivity index (χ0v) is 26.2. The largest absolute Gasteiger partial charge is 0.466 e. The third-order valence-corrected chi connectivity index (χ3v) is 6.89. The second-order valence-corrected chi connectivity index (χ2v) is 9.79. The van der Waals surface area contributed by atoms with E-state index >= 15 is 0 Å². The van der Waals surface area contributed by atoms with Crippen molar-refractivity contribution in [2.75, 3.05) is 43.5 Å². The van der Waals surface area contributed by atoms with E-state index in [1.807, 2.05) is 84.2 Å². The SMILES string of the molecule is CCOC(=O)CCN(C)CCN(C(=O)c1ccc2c(c1)nc(CNc1ccc(C(=N)N)cc1)n2C)c1ccccc1.Cl.Cl. The first-order valence-corrected chi connectivity index (χ1v) is 13.6. The number of likely N-dealkylation sites (N-methyl/N-ethyl adjacent to an activating group) is 1. The molecule has 230 valence electrons. The van der Waals surface area contributed by atoms with Crippen LogP contribution in [0.2, 0.25) is 0 Å². The van der Waals surface area contributed by atoms with E-state index in [1.165, 1.54) is 0 Å². The highest BCUT2D eigenvalue weighted by Crippen LogP contribution is 2.22. The molecule has 12 heteroatoms. The monoisotopic (exact) mass is 627 g/mol. The molecule has 0 radical (unpaired) electrons. The number of hydrogen-bond acceptors (Lipinski definition) is 7. The van der Waals surface area contributed by atoms with Crippen LogP contribution in [0.4, 0.5) is 11.4 Å². The summed E-state index contributed by atoms with van der Waals surface area (Å²) in [4.78, 5) is 34.1. The fraction of sp³-hybridized carbons (Fsp3) is 0.290. The number of imidazole rings is 1.